The van der Waals surface area contributed by atoms with Crippen molar-refractivity contribution in [3.05, 3.63) is 29.8 Å². The summed E-state index contributed by atoms with van der Waals surface area (Å²) in [5.41, 5.74) is -1.36. The van der Waals surface area contributed by atoms with Gasteiger partial charge in [0.05, 0.1) is 13.0 Å². The summed E-state index contributed by atoms with van der Waals surface area (Å²) < 4.78 is 10.1. The number of hydrogen-bond donors (Lipinski definition) is 3. The summed E-state index contributed by atoms with van der Waals surface area (Å²) in [5, 5.41) is 15.7. The van der Waals surface area contributed by atoms with Crippen LogP contribution in [0.5, 0.6) is 5.75 Å². The average Bonchev–Trinajstić information content (AvgIpc) is 2.75. The van der Waals surface area contributed by atoms with Crippen LogP contribution in [0.3, 0.4) is 0 Å². The largest absolute Gasteiger partial charge is 0.508 e. The lowest BCUT2D eigenvalue weighted by molar-refractivity contribution is -0.147. The third kappa shape index (κ3) is 9.46. The van der Waals surface area contributed by atoms with Gasteiger partial charge < -0.3 is 30.1 Å². The highest BCUT2D eigenvalue weighted by molar-refractivity contribution is 5.91. The molecule has 0 saturated heterocycles. The van der Waals surface area contributed by atoms with E-state index in [0.29, 0.717) is 6.42 Å². The minimum absolute atomic E-state index is 0.00744. The van der Waals surface area contributed by atoms with Crippen molar-refractivity contribution < 1.29 is 33.8 Å². The van der Waals surface area contributed by atoms with E-state index in [2.05, 4.69) is 10.6 Å². The second kappa shape index (κ2) is 13.0. The molecule has 0 aliphatic carbocycles. The molecule has 0 aromatic heterocycles. The zero-order valence-electron chi connectivity index (χ0n) is 21.8. The summed E-state index contributed by atoms with van der Waals surface area (Å²) in [7, 11) is 0. The number of alkyl carbamates (subject to hydrolysis) is 1. The van der Waals surface area contributed by atoms with Crippen LogP contribution in [0.2, 0.25) is 0 Å². The summed E-state index contributed by atoms with van der Waals surface area (Å²) in [5.74, 6) is -1.75. The first kappa shape index (κ1) is 29.7. The molecule has 0 radical (unpaired) electrons. The Morgan fingerprint density at radius 2 is 1.66 bits per heavy atom. The van der Waals surface area contributed by atoms with Crippen LogP contribution in [0.15, 0.2) is 24.3 Å². The Kier molecular flexibility index (Phi) is 11.0. The molecule has 0 aliphatic rings. The number of phenolic OH excluding ortho intramolecular Hbond substituents is 1. The zero-order valence-corrected chi connectivity index (χ0v) is 21.8. The van der Waals surface area contributed by atoms with Gasteiger partial charge in [0.25, 0.3) is 0 Å². The van der Waals surface area contributed by atoms with E-state index in [4.69, 9.17) is 9.47 Å². The number of nitrogens with one attached hydrogen (secondary N) is 2. The summed E-state index contributed by atoms with van der Waals surface area (Å²) >= 11 is 0. The summed E-state index contributed by atoms with van der Waals surface area (Å²) in [4.78, 5) is 52.0. The lowest BCUT2D eigenvalue weighted by atomic mass is 9.92. The van der Waals surface area contributed by atoms with Crippen LogP contribution in [0, 0.1) is 0 Å². The second-order valence-corrected chi connectivity index (χ2v) is 9.59. The van der Waals surface area contributed by atoms with E-state index in [1.54, 1.807) is 59.7 Å². The second-order valence-electron chi connectivity index (χ2n) is 9.59. The standard InChI is InChI=1S/C25H39N3O7/c1-8-25(6,7)28(19(30)16-27-23(33)35-24(3,4)5)21(17-12-10-11-13-18(17)29)22(32)26-15-14-20(31)34-9-2/h10-13,21,29H,8-9,14-16H2,1-7H3,(H,26,32)(H,27,33). The lowest BCUT2D eigenvalue weighted by Crippen LogP contribution is -2.56. The monoisotopic (exact) mass is 493 g/mol. The lowest BCUT2D eigenvalue weighted by Gasteiger charge is -2.43. The number of nitrogens with zero attached hydrogens (tertiary/aromatic N) is 1. The Hall–Kier alpha value is -3.30. The molecule has 0 saturated carbocycles. The number of benzene rings is 1. The molecule has 10 nitrogen and oxygen atoms in total. The Balaban J connectivity index is 3.28. The molecular weight excluding hydrogens is 454 g/mol. The number of rotatable bonds is 11. The van der Waals surface area contributed by atoms with Crippen molar-refractivity contribution in [3.8, 4) is 5.75 Å². The predicted octanol–water partition coefficient (Wildman–Crippen LogP) is 3.04. The number of esters is 1. The molecule has 35 heavy (non-hydrogen) atoms. The van der Waals surface area contributed by atoms with Crippen LogP contribution in [0.25, 0.3) is 0 Å². The number of carbonyl (C=O) groups is 4. The van der Waals surface area contributed by atoms with Crippen molar-refractivity contribution in [2.45, 2.75) is 78.5 Å². The molecule has 1 rings (SSSR count). The molecule has 1 unspecified atom stereocenters. The maximum Gasteiger partial charge on any atom is 0.408 e. The third-order valence-corrected chi connectivity index (χ3v) is 5.24. The highest BCUT2D eigenvalue weighted by atomic mass is 16.6. The number of hydrogen-bond acceptors (Lipinski definition) is 7. The van der Waals surface area contributed by atoms with Crippen LogP contribution in [0.4, 0.5) is 4.79 Å². The van der Waals surface area contributed by atoms with E-state index in [0.717, 1.165) is 0 Å². The van der Waals surface area contributed by atoms with Crippen LogP contribution < -0.4 is 10.6 Å². The third-order valence-electron chi connectivity index (χ3n) is 5.24. The highest BCUT2D eigenvalue weighted by Crippen LogP contribution is 2.35. The predicted molar refractivity (Wildman–Crippen MR) is 131 cm³/mol. The van der Waals surface area contributed by atoms with Crippen LogP contribution in [0.1, 0.15) is 72.9 Å². The van der Waals surface area contributed by atoms with Gasteiger partial charge in [0.15, 0.2) is 0 Å². The van der Waals surface area contributed by atoms with E-state index in [-0.39, 0.29) is 30.9 Å². The summed E-state index contributed by atoms with van der Waals surface area (Å²) in [6.45, 7) is 12.0. The number of ether oxygens (including phenoxy) is 2. The molecular formula is C25H39N3O7. The topological polar surface area (TPSA) is 134 Å². The summed E-state index contributed by atoms with van der Waals surface area (Å²) in [6, 6.07) is 5.01. The molecule has 1 aromatic rings. The van der Waals surface area contributed by atoms with Gasteiger partial charge in [-0.2, -0.15) is 0 Å². The zero-order chi connectivity index (χ0) is 26.8. The number of carbonyl (C=O) groups excluding carboxylic acids is 4. The van der Waals surface area contributed by atoms with Crippen molar-refractivity contribution in [2.75, 3.05) is 19.7 Å². The number of aromatic hydroxyl groups is 1. The minimum Gasteiger partial charge on any atom is -0.508 e. The molecule has 3 amide bonds. The van der Waals surface area contributed by atoms with Crippen molar-refractivity contribution in [1.82, 2.24) is 15.5 Å². The number of phenols is 1. The highest BCUT2D eigenvalue weighted by Gasteiger charge is 2.41. The first-order chi connectivity index (χ1) is 16.2. The van der Waals surface area contributed by atoms with Gasteiger partial charge in [0, 0.05) is 17.6 Å². The van der Waals surface area contributed by atoms with Gasteiger partial charge in [-0.25, -0.2) is 4.79 Å². The van der Waals surface area contributed by atoms with Gasteiger partial charge >= 0.3 is 12.1 Å². The van der Waals surface area contributed by atoms with Crippen molar-refractivity contribution in [2.24, 2.45) is 0 Å². The van der Waals surface area contributed by atoms with E-state index in [1.807, 2.05) is 6.92 Å². The first-order valence-electron chi connectivity index (χ1n) is 11.7. The maximum absolute atomic E-state index is 13.4. The Labute approximate surface area is 207 Å². The van der Waals surface area contributed by atoms with Gasteiger partial charge in [-0.1, -0.05) is 25.1 Å². The van der Waals surface area contributed by atoms with E-state index < -0.39 is 47.6 Å². The van der Waals surface area contributed by atoms with Gasteiger partial charge in [0.1, 0.15) is 23.9 Å². The fourth-order valence-corrected chi connectivity index (χ4v) is 3.28. The minimum atomic E-state index is -1.22. The molecule has 3 N–H and O–H groups in total. The summed E-state index contributed by atoms with van der Waals surface area (Å²) in [6.07, 6.45) is -0.331. The molecule has 196 valence electrons. The van der Waals surface area contributed by atoms with Crippen LogP contribution in [-0.4, -0.2) is 64.7 Å². The fraction of sp³-hybridized carbons (Fsp3) is 0.600. The number of para-hydroxylation sites is 1. The molecule has 0 aliphatic heterocycles. The molecule has 1 aromatic carbocycles. The van der Waals surface area contributed by atoms with Crippen molar-refractivity contribution >= 4 is 23.9 Å². The normalized spacial score (nSPS) is 12.3. The molecule has 0 heterocycles. The molecule has 1 atom stereocenters. The Morgan fingerprint density at radius 1 is 1.03 bits per heavy atom. The Morgan fingerprint density at radius 3 is 2.20 bits per heavy atom. The molecule has 0 bridgehead atoms. The van der Waals surface area contributed by atoms with E-state index >= 15 is 0 Å². The van der Waals surface area contributed by atoms with Gasteiger partial charge in [-0.15, -0.1) is 0 Å². The SMILES string of the molecule is CCOC(=O)CCNC(=O)C(c1ccccc1O)N(C(=O)CNC(=O)OC(C)(C)C)C(C)(C)CC. The van der Waals surface area contributed by atoms with E-state index in [1.165, 1.54) is 11.0 Å². The first-order valence-corrected chi connectivity index (χ1v) is 11.7. The molecule has 0 spiro atoms. The van der Waals surface area contributed by atoms with E-state index in [9.17, 15) is 24.3 Å². The van der Waals surface area contributed by atoms with Crippen LogP contribution in [-0.2, 0) is 23.9 Å². The van der Waals surface area contributed by atoms with Gasteiger partial charge in [-0.05, 0) is 54.0 Å². The van der Waals surface area contributed by atoms with Gasteiger partial charge in [0.2, 0.25) is 11.8 Å². The number of amides is 3. The smallest absolute Gasteiger partial charge is 0.408 e. The maximum atomic E-state index is 13.4. The average molecular weight is 494 g/mol. The van der Waals surface area contributed by atoms with Crippen molar-refractivity contribution in [3.63, 3.8) is 0 Å². The van der Waals surface area contributed by atoms with Gasteiger partial charge in [-0.3, -0.25) is 14.4 Å². The fourth-order valence-electron chi connectivity index (χ4n) is 3.28. The quantitative estimate of drug-likeness (QED) is 0.403. The molecule has 0 fully saturated rings. The Bertz CT molecular complexity index is 893. The molecule has 10 heteroatoms. The van der Waals surface area contributed by atoms with Crippen molar-refractivity contribution in [1.29, 1.82) is 0 Å². The van der Waals surface area contributed by atoms with Crippen LogP contribution >= 0.6 is 0 Å².